The van der Waals surface area contributed by atoms with Crippen LogP contribution in [0, 0.1) is 6.92 Å². The third kappa shape index (κ3) is 2.43. The molecule has 0 amide bonds. The van der Waals surface area contributed by atoms with Crippen LogP contribution in [-0.4, -0.2) is 6.54 Å². The highest BCUT2D eigenvalue weighted by Crippen LogP contribution is 2.36. The molecule has 1 aliphatic heterocycles. The molecule has 0 spiro atoms. The lowest BCUT2D eigenvalue weighted by Crippen LogP contribution is -2.22. The predicted octanol–water partition coefficient (Wildman–Crippen LogP) is 3.92. The number of rotatable bonds is 2. The Morgan fingerprint density at radius 3 is 2.63 bits per heavy atom. The normalized spacial score (nSPS) is 18.8. The molecule has 1 saturated heterocycles. The summed E-state index contributed by atoms with van der Waals surface area (Å²) in [5.74, 6) is 0. The van der Waals surface area contributed by atoms with E-state index in [0.717, 1.165) is 12.2 Å². The van der Waals surface area contributed by atoms with Crippen LogP contribution in [0.1, 0.15) is 30.0 Å². The van der Waals surface area contributed by atoms with Gasteiger partial charge in [0.15, 0.2) is 0 Å². The predicted molar refractivity (Wildman–Crippen MR) is 81.4 cm³/mol. The first-order chi connectivity index (χ1) is 9.24. The average Bonchev–Trinajstić information content (AvgIpc) is 2.88. The first-order valence-corrected chi connectivity index (χ1v) is 6.93. The Balaban J connectivity index is 1.95. The van der Waals surface area contributed by atoms with Gasteiger partial charge in [-0.3, -0.25) is 0 Å². The summed E-state index contributed by atoms with van der Waals surface area (Å²) in [6.45, 7) is 3.22. The quantitative estimate of drug-likeness (QED) is 0.821. The number of hydrogen-bond acceptors (Lipinski definition) is 2. The number of benzene rings is 2. The molecule has 1 fully saturated rings. The summed E-state index contributed by atoms with van der Waals surface area (Å²) < 4.78 is 0. The van der Waals surface area contributed by atoms with E-state index < -0.39 is 0 Å². The van der Waals surface area contributed by atoms with E-state index in [2.05, 4.69) is 54.3 Å². The maximum atomic E-state index is 5.98. The van der Waals surface area contributed by atoms with E-state index in [9.17, 15) is 0 Å². The highest BCUT2D eigenvalue weighted by Gasteiger charge is 2.26. The first-order valence-electron chi connectivity index (χ1n) is 6.93. The van der Waals surface area contributed by atoms with Gasteiger partial charge in [0.1, 0.15) is 0 Å². The molecular weight excluding hydrogens is 232 g/mol. The summed E-state index contributed by atoms with van der Waals surface area (Å²) in [5, 5.41) is 0. The third-order valence-electron chi connectivity index (χ3n) is 3.85. The first kappa shape index (κ1) is 12.1. The molecule has 2 aromatic rings. The van der Waals surface area contributed by atoms with Gasteiger partial charge in [-0.05, 0) is 49.1 Å². The lowest BCUT2D eigenvalue weighted by atomic mass is 10.0. The molecule has 0 radical (unpaired) electrons. The Morgan fingerprint density at radius 2 is 1.89 bits per heavy atom. The second-order valence-corrected chi connectivity index (χ2v) is 5.36. The van der Waals surface area contributed by atoms with E-state index in [0.29, 0.717) is 6.04 Å². The van der Waals surface area contributed by atoms with E-state index in [1.807, 2.05) is 6.07 Å². The monoisotopic (exact) mass is 252 g/mol. The van der Waals surface area contributed by atoms with E-state index in [4.69, 9.17) is 5.73 Å². The van der Waals surface area contributed by atoms with Gasteiger partial charge in [0.25, 0.3) is 0 Å². The molecule has 0 saturated carbocycles. The summed E-state index contributed by atoms with van der Waals surface area (Å²) in [4.78, 5) is 2.48. The molecule has 0 aliphatic carbocycles. The van der Waals surface area contributed by atoms with Crippen molar-refractivity contribution in [1.29, 1.82) is 0 Å². The van der Waals surface area contributed by atoms with Gasteiger partial charge in [0.2, 0.25) is 0 Å². The average molecular weight is 252 g/mol. The molecule has 1 atom stereocenters. The number of aryl methyl sites for hydroxylation is 1. The van der Waals surface area contributed by atoms with Gasteiger partial charge in [0.05, 0.1) is 6.04 Å². The maximum absolute atomic E-state index is 5.98. The van der Waals surface area contributed by atoms with E-state index in [1.54, 1.807) is 0 Å². The van der Waals surface area contributed by atoms with Crippen molar-refractivity contribution in [3.63, 3.8) is 0 Å². The van der Waals surface area contributed by atoms with Gasteiger partial charge in [-0.1, -0.05) is 30.3 Å². The topological polar surface area (TPSA) is 29.3 Å². The molecule has 1 aliphatic rings. The van der Waals surface area contributed by atoms with Gasteiger partial charge >= 0.3 is 0 Å². The van der Waals surface area contributed by atoms with Gasteiger partial charge in [-0.2, -0.15) is 0 Å². The number of anilines is 2. The van der Waals surface area contributed by atoms with Crippen LogP contribution in [0.3, 0.4) is 0 Å². The van der Waals surface area contributed by atoms with Crippen molar-refractivity contribution in [2.75, 3.05) is 17.2 Å². The Kier molecular flexibility index (Phi) is 3.16. The Hall–Kier alpha value is -1.96. The zero-order valence-electron chi connectivity index (χ0n) is 11.3. The number of nitrogens with zero attached hydrogens (tertiary/aromatic N) is 1. The van der Waals surface area contributed by atoms with Crippen molar-refractivity contribution in [1.82, 2.24) is 0 Å². The second kappa shape index (κ2) is 4.96. The lowest BCUT2D eigenvalue weighted by Gasteiger charge is -2.28. The van der Waals surface area contributed by atoms with E-state index >= 15 is 0 Å². The SMILES string of the molecule is Cc1cc(N)cc(N2CCCC2c2ccccc2)c1. The van der Waals surface area contributed by atoms with Crippen LogP contribution in [-0.2, 0) is 0 Å². The summed E-state index contributed by atoms with van der Waals surface area (Å²) in [6, 6.07) is 17.6. The Morgan fingerprint density at radius 1 is 1.11 bits per heavy atom. The second-order valence-electron chi connectivity index (χ2n) is 5.36. The summed E-state index contributed by atoms with van der Waals surface area (Å²) in [7, 11) is 0. The Labute approximate surface area is 114 Å². The highest BCUT2D eigenvalue weighted by molar-refractivity contribution is 5.60. The fourth-order valence-corrected chi connectivity index (χ4v) is 3.06. The van der Waals surface area contributed by atoms with E-state index in [1.165, 1.54) is 29.7 Å². The van der Waals surface area contributed by atoms with Gasteiger partial charge < -0.3 is 10.6 Å². The van der Waals surface area contributed by atoms with Gasteiger partial charge in [-0.25, -0.2) is 0 Å². The lowest BCUT2D eigenvalue weighted by molar-refractivity contribution is 0.719. The van der Waals surface area contributed by atoms with Crippen molar-refractivity contribution < 1.29 is 0 Å². The number of nitrogen functional groups attached to an aromatic ring is 1. The van der Waals surface area contributed by atoms with E-state index in [-0.39, 0.29) is 0 Å². The smallest absolute Gasteiger partial charge is 0.0543 e. The molecule has 3 rings (SSSR count). The standard InChI is InChI=1S/C17H20N2/c1-13-10-15(18)12-16(11-13)19-9-5-8-17(19)14-6-3-2-4-7-14/h2-4,6-7,10-12,17H,5,8-9,18H2,1H3. The number of hydrogen-bond donors (Lipinski definition) is 1. The molecule has 0 aromatic heterocycles. The van der Waals surface area contributed by atoms with Crippen LogP contribution in [0.4, 0.5) is 11.4 Å². The van der Waals surface area contributed by atoms with Crippen molar-refractivity contribution in [2.24, 2.45) is 0 Å². The van der Waals surface area contributed by atoms with Crippen molar-refractivity contribution in [3.05, 3.63) is 59.7 Å². The van der Waals surface area contributed by atoms with Crippen LogP contribution < -0.4 is 10.6 Å². The van der Waals surface area contributed by atoms with Crippen molar-refractivity contribution >= 4 is 11.4 Å². The zero-order valence-corrected chi connectivity index (χ0v) is 11.3. The summed E-state index contributed by atoms with van der Waals surface area (Å²) in [5.41, 5.74) is 10.7. The molecule has 2 aromatic carbocycles. The molecule has 2 nitrogen and oxygen atoms in total. The molecular formula is C17H20N2. The molecule has 2 heteroatoms. The summed E-state index contributed by atoms with van der Waals surface area (Å²) >= 11 is 0. The van der Waals surface area contributed by atoms with Gasteiger partial charge in [-0.15, -0.1) is 0 Å². The molecule has 0 bridgehead atoms. The third-order valence-corrected chi connectivity index (χ3v) is 3.85. The van der Waals surface area contributed by atoms with Crippen LogP contribution in [0.25, 0.3) is 0 Å². The molecule has 1 heterocycles. The largest absolute Gasteiger partial charge is 0.399 e. The van der Waals surface area contributed by atoms with Crippen molar-refractivity contribution in [2.45, 2.75) is 25.8 Å². The zero-order chi connectivity index (χ0) is 13.2. The van der Waals surface area contributed by atoms with Gasteiger partial charge in [0, 0.05) is 17.9 Å². The molecule has 98 valence electrons. The highest BCUT2D eigenvalue weighted by atomic mass is 15.2. The minimum Gasteiger partial charge on any atom is -0.399 e. The van der Waals surface area contributed by atoms with Crippen LogP contribution in [0.15, 0.2) is 48.5 Å². The molecule has 19 heavy (non-hydrogen) atoms. The molecule has 2 N–H and O–H groups in total. The van der Waals surface area contributed by atoms with Crippen LogP contribution >= 0.6 is 0 Å². The fraction of sp³-hybridized carbons (Fsp3) is 0.294. The minimum atomic E-state index is 0.488. The summed E-state index contributed by atoms with van der Waals surface area (Å²) in [6.07, 6.45) is 2.46. The Bertz CT molecular complexity index is 542. The van der Waals surface area contributed by atoms with Crippen LogP contribution in [0.5, 0.6) is 0 Å². The van der Waals surface area contributed by atoms with Crippen molar-refractivity contribution in [3.8, 4) is 0 Å². The fourth-order valence-electron chi connectivity index (χ4n) is 3.06. The maximum Gasteiger partial charge on any atom is 0.0543 e. The van der Waals surface area contributed by atoms with Crippen LogP contribution in [0.2, 0.25) is 0 Å². The number of nitrogens with two attached hydrogens (primary N) is 1. The minimum absolute atomic E-state index is 0.488. The molecule has 1 unspecified atom stereocenters.